The second-order valence-electron chi connectivity index (χ2n) is 15.2. The minimum absolute atomic E-state index is 0.0314. The van der Waals surface area contributed by atoms with E-state index in [0.717, 1.165) is 30.6 Å². The maximum atomic E-state index is 11.1. The Morgan fingerprint density at radius 1 is 1.03 bits per heavy atom. The van der Waals surface area contributed by atoms with Crippen LogP contribution >= 0.6 is 0 Å². The highest BCUT2D eigenvalue weighted by Gasteiger charge is 2.75. The lowest BCUT2D eigenvalue weighted by Gasteiger charge is -2.67. The predicted octanol–water partition coefficient (Wildman–Crippen LogP) is 7.55. The van der Waals surface area contributed by atoms with Gasteiger partial charge in [0.1, 0.15) is 0 Å². The van der Waals surface area contributed by atoms with E-state index in [-0.39, 0.29) is 16.9 Å². The van der Waals surface area contributed by atoms with Crippen molar-refractivity contribution in [3.05, 3.63) is 24.3 Å². The molecule has 2 bridgehead atoms. The SMILES string of the molecule is C[C@H](C/C=C/C(C)(C)O)[C@H]1CC[C@@]2(C)[C@@H]3C=C[C@@]45C[C@@H](C)C3(CC[C@]12C)[C@@H]4CC[C@H](O)C5(C)C. The summed E-state index contributed by atoms with van der Waals surface area (Å²) < 4.78 is 0. The van der Waals surface area contributed by atoms with Crippen LogP contribution in [0.3, 0.4) is 0 Å². The average Bonchev–Trinajstić information content (AvgIpc) is 3.09. The van der Waals surface area contributed by atoms with Gasteiger partial charge in [-0.05, 0) is 116 Å². The molecule has 5 aliphatic carbocycles. The molecule has 0 radical (unpaired) electrons. The third-order valence-corrected chi connectivity index (χ3v) is 13.3. The monoisotopic (exact) mass is 468 g/mol. The van der Waals surface area contributed by atoms with Crippen molar-refractivity contribution in [2.24, 2.45) is 56.7 Å². The summed E-state index contributed by atoms with van der Waals surface area (Å²) in [6.07, 6.45) is 19.4. The zero-order valence-electron chi connectivity index (χ0n) is 23.3. The normalized spacial score (nSPS) is 52.4. The minimum atomic E-state index is -0.718. The summed E-state index contributed by atoms with van der Waals surface area (Å²) in [7, 11) is 0. The number of aliphatic hydroxyl groups is 2. The van der Waals surface area contributed by atoms with Gasteiger partial charge in [-0.2, -0.15) is 0 Å². The predicted molar refractivity (Wildman–Crippen MR) is 141 cm³/mol. The highest BCUT2D eigenvalue weighted by molar-refractivity contribution is 5.33. The van der Waals surface area contributed by atoms with E-state index in [1.807, 2.05) is 19.9 Å². The van der Waals surface area contributed by atoms with Gasteiger partial charge in [0.15, 0.2) is 0 Å². The van der Waals surface area contributed by atoms with Crippen molar-refractivity contribution in [3.63, 3.8) is 0 Å². The van der Waals surface area contributed by atoms with E-state index >= 15 is 0 Å². The van der Waals surface area contributed by atoms with Gasteiger partial charge in [-0.3, -0.25) is 0 Å². The Hall–Kier alpha value is -0.600. The van der Waals surface area contributed by atoms with Crippen LogP contribution in [-0.4, -0.2) is 21.9 Å². The fourth-order valence-electron chi connectivity index (χ4n) is 11.2. The molecule has 0 aromatic rings. The highest BCUT2D eigenvalue weighted by atomic mass is 16.3. The first-order valence-corrected chi connectivity index (χ1v) is 14.4. The molecule has 0 heterocycles. The summed E-state index contributed by atoms with van der Waals surface area (Å²) in [5.74, 6) is 3.54. The number of rotatable bonds is 4. The Morgan fingerprint density at radius 3 is 2.41 bits per heavy atom. The highest BCUT2D eigenvalue weighted by Crippen LogP contribution is 2.82. The first-order valence-electron chi connectivity index (χ1n) is 14.4. The quantitative estimate of drug-likeness (QED) is 0.418. The summed E-state index contributed by atoms with van der Waals surface area (Å²) in [4.78, 5) is 0. The van der Waals surface area contributed by atoms with E-state index in [4.69, 9.17) is 0 Å². The van der Waals surface area contributed by atoms with Gasteiger partial charge in [-0.25, -0.2) is 0 Å². The molecule has 0 saturated heterocycles. The molecule has 0 aromatic carbocycles. The Morgan fingerprint density at radius 2 is 1.74 bits per heavy atom. The van der Waals surface area contributed by atoms with Crippen LogP contribution < -0.4 is 0 Å². The van der Waals surface area contributed by atoms with Crippen LogP contribution in [0.15, 0.2) is 24.3 Å². The zero-order chi connectivity index (χ0) is 24.9. The second kappa shape index (κ2) is 7.47. The standard InChI is InChI=1S/C32H52O2/c1-21(10-9-15-27(3,4)34)23-13-16-30(8)24-14-17-31-20-22(2)32(24,19-18-29(23,30)7)25(31)11-12-26(33)28(31,5)6/h9,14-15,17,21-26,33-34H,10-13,16,18-20H2,1-8H3/b15-9+/t21-,22-,23-,24+,25-,26+,29-,30+,31-,32?/m1/s1. The molecule has 1 unspecified atom stereocenters. The van der Waals surface area contributed by atoms with Crippen molar-refractivity contribution in [2.45, 2.75) is 118 Å². The lowest BCUT2D eigenvalue weighted by Crippen LogP contribution is -2.62. The number of hydrogen-bond acceptors (Lipinski definition) is 2. The van der Waals surface area contributed by atoms with Crippen LogP contribution in [0.1, 0.15) is 107 Å². The number of fused-ring (bicyclic) bond motifs is 2. The van der Waals surface area contributed by atoms with E-state index < -0.39 is 5.60 Å². The molecule has 2 N–H and O–H groups in total. The summed E-state index contributed by atoms with van der Waals surface area (Å²) >= 11 is 0. The van der Waals surface area contributed by atoms with Crippen molar-refractivity contribution >= 4 is 0 Å². The molecule has 5 aliphatic rings. The molecule has 0 aromatic heterocycles. The van der Waals surface area contributed by atoms with Crippen molar-refractivity contribution in [1.29, 1.82) is 0 Å². The first-order chi connectivity index (χ1) is 15.7. The Kier molecular flexibility index (Phi) is 5.51. The lowest BCUT2D eigenvalue weighted by molar-refractivity contribution is -0.173. The topological polar surface area (TPSA) is 40.5 Å². The van der Waals surface area contributed by atoms with Gasteiger partial charge in [0.25, 0.3) is 0 Å². The van der Waals surface area contributed by atoms with Gasteiger partial charge in [-0.1, -0.05) is 65.8 Å². The van der Waals surface area contributed by atoms with Crippen molar-refractivity contribution < 1.29 is 10.2 Å². The average molecular weight is 469 g/mol. The molecule has 5 rings (SSSR count). The van der Waals surface area contributed by atoms with Crippen LogP contribution in [-0.2, 0) is 0 Å². The molecule has 1 spiro atoms. The summed E-state index contributed by atoms with van der Waals surface area (Å²) in [5, 5.41) is 21.2. The van der Waals surface area contributed by atoms with E-state index in [0.29, 0.717) is 28.1 Å². The van der Waals surface area contributed by atoms with Gasteiger partial charge in [-0.15, -0.1) is 0 Å². The lowest BCUT2D eigenvalue weighted by atomic mass is 9.37. The zero-order valence-corrected chi connectivity index (χ0v) is 23.3. The second-order valence-corrected chi connectivity index (χ2v) is 15.2. The van der Waals surface area contributed by atoms with Gasteiger partial charge in [0.05, 0.1) is 11.7 Å². The Bertz CT molecular complexity index is 878. The van der Waals surface area contributed by atoms with Crippen molar-refractivity contribution in [3.8, 4) is 0 Å². The first kappa shape index (κ1) is 25.1. The third kappa shape index (κ3) is 2.94. The van der Waals surface area contributed by atoms with E-state index in [2.05, 4.69) is 59.8 Å². The van der Waals surface area contributed by atoms with E-state index in [1.165, 1.54) is 38.5 Å². The summed E-state index contributed by atoms with van der Waals surface area (Å²) in [6, 6.07) is 0. The van der Waals surface area contributed by atoms with Crippen LogP contribution in [0.5, 0.6) is 0 Å². The van der Waals surface area contributed by atoms with E-state index in [1.54, 1.807) is 0 Å². The smallest absolute Gasteiger partial charge is 0.0771 e. The Labute approximate surface area is 209 Å². The van der Waals surface area contributed by atoms with Gasteiger partial charge >= 0.3 is 0 Å². The largest absolute Gasteiger partial charge is 0.393 e. The van der Waals surface area contributed by atoms with Crippen LogP contribution in [0.2, 0.25) is 0 Å². The number of aliphatic hydroxyl groups excluding tert-OH is 1. The maximum Gasteiger partial charge on any atom is 0.0771 e. The third-order valence-electron chi connectivity index (χ3n) is 13.3. The molecule has 34 heavy (non-hydrogen) atoms. The molecule has 192 valence electrons. The molecule has 4 saturated carbocycles. The fourth-order valence-corrected chi connectivity index (χ4v) is 11.2. The molecule has 4 fully saturated rings. The van der Waals surface area contributed by atoms with E-state index in [9.17, 15) is 10.2 Å². The molecule has 0 aliphatic heterocycles. The Balaban J connectivity index is 1.50. The van der Waals surface area contributed by atoms with Gasteiger partial charge in [0.2, 0.25) is 0 Å². The summed E-state index contributed by atoms with van der Waals surface area (Å²) in [6.45, 7) is 18.8. The fraction of sp³-hybridized carbons (Fsp3) is 0.875. The number of allylic oxidation sites excluding steroid dienone is 3. The van der Waals surface area contributed by atoms with Gasteiger partial charge < -0.3 is 10.2 Å². The van der Waals surface area contributed by atoms with Gasteiger partial charge in [0, 0.05) is 5.41 Å². The maximum absolute atomic E-state index is 11.1. The molecule has 2 heteroatoms. The van der Waals surface area contributed by atoms with Crippen LogP contribution in [0.25, 0.3) is 0 Å². The molecule has 0 amide bonds. The minimum Gasteiger partial charge on any atom is -0.393 e. The molecule has 10 atom stereocenters. The molecular formula is C32H52O2. The molecular weight excluding hydrogens is 416 g/mol. The number of hydrogen-bond donors (Lipinski definition) is 2. The molecule has 2 nitrogen and oxygen atoms in total. The summed E-state index contributed by atoms with van der Waals surface area (Å²) in [5.41, 5.74) is 0.574. The van der Waals surface area contributed by atoms with Crippen molar-refractivity contribution in [2.75, 3.05) is 0 Å². The van der Waals surface area contributed by atoms with Crippen molar-refractivity contribution in [1.82, 2.24) is 0 Å². The van der Waals surface area contributed by atoms with Crippen LogP contribution in [0.4, 0.5) is 0 Å². The van der Waals surface area contributed by atoms with Crippen LogP contribution in [0, 0.1) is 56.7 Å².